The van der Waals surface area contributed by atoms with Gasteiger partial charge < -0.3 is 4.57 Å². The lowest BCUT2D eigenvalue weighted by Gasteiger charge is -1.99. The van der Waals surface area contributed by atoms with Gasteiger partial charge in [-0.25, -0.2) is 4.98 Å². The van der Waals surface area contributed by atoms with Gasteiger partial charge in [0.05, 0.1) is 17.1 Å². The molecule has 0 amide bonds. The molecule has 0 unspecified atom stereocenters. The maximum atomic E-state index is 8.54. The fourth-order valence-electron chi connectivity index (χ4n) is 1.60. The Labute approximate surface area is 96.5 Å². The first kappa shape index (κ1) is 10.2. The van der Waals surface area contributed by atoms with Crippen molar-refractivity contribution in [1.29, 1.82) is 5.26 Å². The van der Waals surface area contributed by atoms with Gasteiger partial charge in [0.1, 0.15) is 5.82 Å². The zero-order valence-corrected chi connectivity index (χ0v) is 9.95. The molecule has 4 heteroatoms. The first-order valence-electron chi connectivity index (χ1n) is 4.70. The topological polar surface area (TPSA) is 41.6 Å². The monoisotopic (exact) mass is 263 g/mol. The van der Waals surface area contributed by atoms with Crippen molar-refractivity contribution in [3.05, 3.63) is 28.5 Å². The van der Waals surface area contributed by atoms with Crippen LogP contribution in [0, 0.1) is 11.3 Å². The van der Waals surface area contributed by atoms with Crippen LogP contribution in [0.4, 0.5) is 0 Å². The summed E-state index contributed by atoms with van der Waals surface area (Å²) in [5, 5.41) is 8.54. The van der Waals surface area contributed by atoms with Crippen LogP contribution in [0.25, 0.3) is 11.0 Å². The zero-order valence-electron chi connectivity index (χ0n) is 8.37. The molecule has 0 spiro atoms. The Balaban J connectivity index is 2.50. The fourth-order valence-corrected chi connectivity index (χ4v) is 1.95. The Morgan fingerprint density at radius 2 is 2.33 bits per heavy atom. The number of benzene rings is 1. The maximum Gasteiger partial charge on any atom is 0.110 e. The lowest BCUT2D eigenvalue weighted by atomic mass is 10.3. The van der Waals surface area contributed by atoms with Crippen molar-refractivity contribution in [3.8, 4) is 6.07 Å². The number of fused-ring (bicyclic) bond motifs is 1. The molecule has 2 aromatic rings. The quantitative estimate of drug-likeness (QED) is 0.836. The van der Waals surface area contributed by atoms with E-state index in [1.54, 1.807) is 0 Å². The molecule has 0 fully saturated rings. The van der Waals surface area contributed by atoms with Crippen molar-refractivity contribution in [2.75, 3.05) is 0 Å². The molecule has 0 saturated heterocycles. The molecule has 0 aliphatic heterocycles. The number of nitrogens with zero attached hydrogens (tertiary/aromatic N) is 3. The molecule has 0 saturated carbocycles. The van der Waals surface area contributed by atoms with E-state index in [1.807, 2.05) is 29.8 Å². The fraction of sp³-hybridized carbons (Fsp3) is 0.273. The highest BCUT2D eigenvalue weighted by molar-refractivity contribution is 9.10. The molecule has 1 aromatic carbocycles. The molecule has 0 N–H and O–H groups in total. The minimum atomic E-state index is 0.512. The molecule has 0 bridgehead atoms. The zero-order chi connectivity index (χ0) is 10.8. The van der Waals surface area contributed by atoms with E-state index in [2.05, 4.69) is 27.0 Å². The molecule has 0 aliphatic rings. The van der Waals surface area contributed by atoms with Gasteiger partial charge in [-0.15, -0.1) is 0 Å². The molecule has 76 valence electrons. The molecule has 1 aromatic heterocycles. The van der Waals surface area contributed by atoms with Crippen molar-refractivity contribution >= 4 is 27.0 Å². The maximum absolute atomic E-state index is 8.54. The van der Waals surface area contributed by atoms with E-state index in [-0.39, 0.29) is 0 Å². The molecule has 2 rings (SSSR count). The minimum Gasteiger partial charge on any atom is -0.331 e. The Bertz CT molecular complexity index is 536. The van der Waals surface area contributed by atoms with Gasteiger partial charge in [0, 0.05) is 24.4 Å². The van der Waals surface area contributed by atoms with Crippen molar-refractivity contribution in [2.45, 2.75) is 12.8 Å². The molecule has 0 aliphatic carbocycles. The molecular weight excluding hydrogens is 254 g/mol. The van der Waals surface area contributed by atoms with Gasteiger partial charge in [-0.1, -0.05) is 15.9 Å². The first-order chi connectivity index (χ1) is 7.22. The highest BCUT2D eigenvalue weighted by atomic mass is 79.9. The molecule has 0 atom stereocenters. The summed E-state index contributed by atoms with van der Waals surface area (Å²) in [5.74, 6) is 0.963. The predicted octanol–water partition coefficient (Wildman–Crippen LogP) is 2.79. The normalized spacial score (nSPS) is 10.5. The molecule has 15 heavy (non-hydrogen) atoms. The SMILES string of the molecule is Cn1c(CCC#N)nc2ccc(Br)cc21. The minimum absolute atomic E-state index is 0.512. The average Bonchev–Trinajstić information content (AvgIpc) is 2.53. The third kappa shape index (κ3) is 1.88. The Kier molecular flexibility index (Phi) is 2.74. The van der Waals surface area contributed by atoms with E-state index in [9.17, 15) is 0 Å². The van der Waals surface area contributed by atoms with Crippen LogP contribution in [0.1, 0.15) is 12.2 Å². The summed E-state index contributed by atoms with van der Waals surface area (Å²) < 4.78 is 3.09. The summed E-state index contributed by atoms with van der Waals surface area (Å²) in [7, 11) is 1.98. The van der Waals surface area contributed by atoms with E-state index in [0.717, 1.165) is 21.3 Å². The highest BCUT2D eigenvalue weighted by Gasteiger charge is 2.07. The third-order valence-corrected chi connectivity index (χ3v) is 2.89. The molecular formula is C11H10BrN3. The number of hydrogen-bond donors (Lipinski definition) is 0. The number of aryl methyl sites for hydroxylation is 2. The van der Waals surface area contributed by atoms with Crippen LogP contribution in [0.3, 0.4) is 0 Å². The summed E-state index contributed by atoms with van der Waals surface area (Å²) in [6.07, 6.45) is 1.22. The lowest BCUT2D eigenvalue weighted by molar-refractivity contribution is 0.801. The van der Waals surface area contributed by atoms with Crippen LogP contribution in [0.2, 0.25) is 0 Å². The number of halogens is 1. The summed E-state index contributed by atoms with van der Waals surface area (Å²) in [6, 6.07) is 8.13. The van der Waals surface area contributed by atoms with Crippen LogP contribution in [-0.2, 0) is 13.5 Å². The van der Waals surface area contributed by atoms with Gasteiger partial charge in [-0.05, 0) is 18.2 Å². The van der Waals surface area contributed by atoms with Crippen LogP contribution < -0.4 is 0 Å². The predicted molar refractivity (Wildman–Crippen MR) is 62.3 cm³/mol. The number of imidazole rings is 1. The van der Waals surface area contributed by atoms with E-state index in [4.69, 9.17) is 5.26 Å². The van der Waals surface area contributed by atoms with Crippen LogP contribution in [-0.4, -0.2) is 9.55 Å². The third-order valence-electron chi connectivity index (χ3n) is 2.40. The Morgan fingerprint density at radius 3 is 3.07 bits per heavy atom. The van der Waals surface area contributed by atoms with E-state index in [0.29, 0.717) is 12.8 Å². The van der Waals surface area contributed by atoms with Crippen molar-refractivity contribution in [1.82, 2.24) is 9.55 Å². The van der Waals surface area contributed by atoms with Crippen molar-refractivity contribution in [2.24, 2.45) is 7.05 Å². The number of nitriles is 1. The van der Waals surface area contributed by atoms with Crippen molar-refractivity contribution in [3.63, 3.8) is 0 Å². The Morgan fingerprint density at radius 1 is 1.53 bits per heavy atom. The van der Waals surface area contributed by atoms with Gasteiger partial charge in [0.2, 0.25) is 0 Å². The summed E-state index contributed by atoms with van der Waals surface area (Å²) in [6.45, 7) is 0. The second-order valence-corrected chi connectivity index (χ2v) is 4.29. The summed E-state index contributed by atoms with van der Waals surface area (Å²) in [4.78, 5) is 4.48. The van der Waals surface area contributed by atoms with E-state index in [1.165, 1.54) is 0 Å². The van der Waals surface area contributed by atoms with E-state index < -0.39 is 0 Å². The number of aromatic nitrogens is 2. The summed E-state index contributed by atoms with van der Waals surface area (Å²) in [5.41, 5.74) is 2.07. The first-order valence-corrected chi connectivity index (χ1v) is 5.49. The number of hydrogen-bond acceptors (Lipinski definition) is 2. The van der Waals surface area contributed by atoms with Gasteiger partial charge in [0.15, 0.2) is 0 Å². The standard InChI is InChI=1S/C11H10BrN3/c1-15-10-7-8(12)4-5-9(10)14-11(15)3-2-6-13/h4-5,7H,2-3H2,1H3. The van der Waals surface area contributed by atoms with Gasteiger partial charge in [-0.3, -0.25) is 0 Å². The number of rotatable bonds is 2. The van der Waals surface area contributed by atoms with Crippen LogP contribution >= 0.6 is 15.9 Å². The molecule has 3 nitrogen and oxygen atoms in total. The second-order valence-electron chi connectivity index (χ2n) is 3.38. The summed E-state index contributed by atoms with van der Waals surface area (Å²) >= 11 is 3.44. The Hall–Kier alpha value is -1.34. The largest absolute Gasteiger partial charge is 0.331 e. The van der Waals surface area contributed by atoms with Gasteiger partial charge in [-0.2, -0.15) is 5.26 Å². The second kappa shape index (κ2) is 4.03. The van der Waals surface area contributed by atoms with Gasteiger partial charge >= 0.3 is 0 Å². The highest BCUT2D eigenvalue weighted by Crippen LogP contribution is 2.20. The van der Waals surface area contributed by atoms with Crippen LogP contribution in [0.15, 0.2) is 22.7 Å². The smallest absolute Gasteiger partial charge is 0.110 e. The van der Waals surface area contributed by atoms with Crippen molar-refractivity contribution < 1.29 is 0 Å². The van der Waals surface area contributed by atoms with Gasteiger partial charge in [0.25, 0.3) is 0 Å². The lowest BCUT2D eigenvalue weighted by Crippen LogP contribution is -1.96. The molecule has 0 radical (unpaired) electrons. The molecule has 1 heterocycles. The van der Waals surface area contributed by atoms with Crippen LogP contribution in [0.5, 0.6) is 0 Å². The van der Waals surface area contributed by atoms with E-state index >= 15 is 0 Å². The average molecular weight is 264 g/mol.